The van der Waals surface area contributed by atoms with Gasteiger partial charge in [0.2, 0.25) is 5.89 Å². The largest absolute Gasteiger partial charge is 0.338 e. The second-order valence-electron chi connectivity index (χ2n) is 4.96. The third-order valence-corrected chi connectivity index (χ3v) is 3.45. The van der Waals surface area contributed by atoms with Crippen LogP contribution in [0, 0.1) is 5.92 Å². The molecular formula is C13H21N3O2. The van der Waals surface area contributed by atoms with Crippen molar-refractivity contribution >= 4 is 6.29 Å². The molecule has 2 rings (SSSR count). The van der Waals surface area contributed by atoms with E-state index in [0.29, 0.717) is 12.4 Å². The normalized spacial score (nSPS) is 18.1. The lowest BCUT2D eigenvalue weighted by Crippen LogP contribution is -2.33. The molecular weight excluding hydrogens is 230 g/mol. The van der Waals surface area contributed by atoms with Gasteiger partial charge in [0.15, 0.2) is 5.82 Å². The van der Waals surface area contributed by atoms with Gasteiger partial charge < -0.3 is 9.32 Å². The van der Waals surface area contributed by atoms with Crippen LogP contribution in [0.1, 0.15) is 44.3 Å². The molecule has 2 heterocycles. The third kappa shape index (κ3) is 3.63. The summed E-state index contributed by atoms with van der Waals surface area (Å²) >= 11 is 0. The third-order valence-electron chi connectivity index (χ3n) is 3.45. The number of hydrogen-bond acceptors (Lipinski definition) is 5. The van der Waals surface area contributed by atoms with Crippen LogP contribution < -0.4 is 0 Å². The van der Waals surface area contributed by atoms with Gasteiger partial charge in [0, 0.05) is 12.3 Å². The number of aromatic nitrogens is 2. The summed E-state index contributed by atoms with van der Waals surface area (Å²) in [6.07, 6.45) is 6.10. The van der Waals surface area contributed by atoms with Gasteiger partial charge in [0.05, 0.1) is 6.54 Å². The lowest BCUT2D eigenvalue weighted by Gasteiger charge is -2.27. The first-order valence-electron chi connectivity index (χ1n) is 6.81. The topological polar surface area (TPSA) is 59.2 Å². The highest BCUT2D eigenvalue weighted by Crippen LogP contribution is 2.16. The Bertz CT molecular complexity index is 370. The Morgan fingerprint density at radius 1 is 1.44 bits per heavy atom. The van der Waals surface area contributed by atoms with Crippen molar-refractivity contribution in [3.8, 4) is 0 Å². The summed E-state index contributed by atoms with van der Waals surface area (Å²) in [5.41, 5.74) is 0. The molecule has 0 unspecified atom stereocenters. The van der Waals surface area contributed by atoms with Crippen LogP contribution in [0.3, 0.4) is 0 Å². The minimum Gasteiger partial charge on any atom is -0.338 e. The van der Waals surface area contributed by atoms with E-state index < -0.39 is 0 Å². The van der Waals surface area contributed by atoms with Gasteiger partial charge >= 0.3 is 0 Å². The summed E-state index contributed by atoms with van der Waals surface area (Å²) in [6.45, 7) is 4.75. The molecule has 0 aliphatic carbocycles. The summed E-state index contributed by atoms with van der Waals surface area (Å²) in [6, 6.07) is 0. The van der Waals surface area contributed by atoms with Crippen molar-refractivity contribution in [1.29, 1.82) is 0 Å². The molecule has 1 aliphatic heterocycles. The predicted octanol–water partition coefficient (Wildman–Crippen LogP) is 1.82. The molecule has 0 radical (unpaired) electrons. The van der Waals surface area contributed by atoms with Crippen LogP contribution in [-0.2, 0) is 17.8 Å². The number of hydrogen-bond donors (Lipinski definition) is 0. The molecule has 0 spiro atoms. The van der Waals surface area contributed by atoms with E-state index in [9.17, 15) is 4.79 Å². The van der Waals surface area contributed by atoms with E-state index >= 15 is 0 Å². The summed E-state index contributed by atoms with van der Waals surface area (Å²) in [7, 11) is 0. The predicted molar refractivity (Wildman–Crippen MR) is 67.0 cm³/mol. The van der Waals surface area contributed by atoms with Crippen LogP contribution in [0.25, 0.3) is 0 Å². The Labute approximate surface area is 108 Å². The molecule has 5 nitrogen and oxygen atoms in total. The zero-order valence-electron chi connectivity index (χ0n) is 11.0. The van der Waals surface area contributed by atoms with Crippen molar-refractivity contribution in [2.45, 2.75) is 45.6 Å². The first kappa shape index (κ1) is 13.2. The lowest BCUT2D eigenvalue weighted by molar-refractivity contribution is -0.112. The van der Waals surface area contributed by atoms with Crippen LogP contribution >= 0.6 is 0 Å². The zero-order valence-corrected chi connectivity index (χ0v) is 11.0. The Morgan fingerprint density at radius 2 is 2.22 bits per heavy atom. The molecule has 1 saturated heterocycles. The molecule has 0 N–H and O–H groups in total. The van der Waals surface area contributed by atoms with Gasteiger partial charge in [-0.05, 0) is 32.4 Å². The standard InChI is InChI=1S/C13H21N3O2/c1-2-3-4-12-14-13(18-15-12)9-16-7-5-11(10-17)6-8-16/h10-11H,2-9H2,1H3. The number of rotatable bonds is 6. The van der Waals surface area contributed by atoms with E-state index in [0.717, 1.165) is 57.3 Å². The first-order valence-corrected chi connectivity index (χ1v) is 6.81. The van der Waals surface area contributed by atoms with E-state index in [1.165, 1.54) is 0 Å². The first-order chi connectivity index (χ1) is 8.81. The molecule has 0 atom stereocenters. The smallest absolute Gasteiger partial charge is 0.240 e. The van der Waals surface area contributed by atoms with Crippen molar-refractivity contribution in [2.24, 2.45) is 5.92 Å². The summed E-state index contributed by atoms with van der Waals surface area (Å²) in [4.78, 5) is 17.3. The summed E-state index contributed by atoms with van der Waals surface area (Å²) in [5.74, 6) is 1.75. The quantitative estimate of drug-likeness (QED) is 0.722. The number of likely N-dealkylation sites (tertiary alicyclic amines) is 1. The maximum Gasteiger partial charge on any atom is 0.240 e. The van der Waals surface area contributed by atoms with Gasteiger partial charge in [-0.15, -0.1) is 0 Å². The fourth-order valence-corrected chi connectivity index (χ4v) is 2.23. The van der Waals surface area contributed by atoms with E-state index in [4.69, 9.17) is 4.52 Å². The molecule has 1 fully saturated rings. The SMILES string of the molecule is CCCCc1noc(CN2CCC(C=O)CC2)n1. The van der Waals surface area contributed by atoms with Crippen molar-refractivity contribution in [1.82, 2.24) is 15.0 Å². The number of unbranched alkanes of at least 4 members (excludes halogenated alkanes) is 1. The molecule has 1 aromatic heterocycles. The summed E-state index contributed by atoms with van der Waals surface area (Å²) in [5, 5.41) is 3.98. The molecule has 18 heavy (non-hydrogen) atoms. The monoisotopic (exact) mass is 251 g/mol. The van der Waals surface area contributed by atoms with Gasteiger partial charge in [0.25, 0.3) is 0 Å². The molecule has 1 aromatic rings. The van der Waals surface area contributed by atoms with Gasteiger partial charge in [-0.1, -0.05) is 18.5 Å². The molecule has 5 heteroatoms. The highest BCUT2D eigenvalue weighted by Gasteiger charge is 2.20. The van der Waals surface area contributed by atoms with Crippen molar-refractivity contribution in [3.63, 3.8) is 0 Å². The number of nitrogens with zero attached hydrogens (tertiary/aromatic N) is 3. The average molecular weight is 251 g/mol. The van der Waals surface area contributed by atoms with Crippen molar-refractivity contribution in [3.05, 3.63) is 11.7 Å². The number of piperidine rings is 1. The number of carbonyl (C=O) groups is 1. The maximum absolute atomic E-state index is 10.7. The number of carbonyl (C=O) groups excluding carboxylic acids is 1. The van der Waals surface area contributed by atoms with Crippen LogP contribution in [-0.4, -0.2) is 34.4 Å². The Kier molecular flexibility index (Phi) is 4.87. The number of aryl methyl sites for hydroxylation is 1. The molecule has 0 aromatic carbocycles. The second kappa shape index (κ2) is 6.64. The van der Waals surface area contributed by atoms with E-state index in [1.807, 2.05) is 0 Å². The average Bonchev–Trinajstić information content (AvgIpc) is 2.85. The Morgan fingerprint density at radius 3 is 2.89 bits per heavy atom. The van der Waals surface area contributed by atoms with E-state index in [-0.39, 0.29) is 5.92 Å². The molecule has 100 valence electrons. The molecule has 0 saturated carbocycles. The lowest BCUT2D eigenvalue weighted by atomic mass is 9.99. The fraction of sp³-hybridized carbons (Fsp3) is 0.769. The minimum absolute atomic E-state index is 0.240. The highest BCUT2D eigenvalue weighted by atomic mass is 16.5. The van der Waals surface area contributed by atoms with Crippen LogP contribution in [0.2, 0.25) is 0 Å². The highest BCUT2D eigenvalue weighted by molar-refractivity contribution is 5.53. The van der Waals surface area contributed by atoms with Gasteiger partial charge in [-0.3, -0.25) is 4.90 Å². The molecule has 0 bridgehead atoms. The van der Waals surface area contributed by atoms with Crippen LogP contribution in [0.5, 0.6) is 0 Å². The minimum atomic E-state index is 0.240. The Balaban J connectivity index is 1.79. The van der Waals surface area contributed by atoms with Gasteiger partial charge in [-0.2, -0.15) is 4.98 Å². The van der Waals surface area contributed by atoms with Crippen molar-refractivity contribution < 1.29 is 9.32 Å². The van der Waals surface area contributed by atoms with Crippen LogP contribution in [0.15, 0.2) is 4.52 Å². The van der Waals surface area contributed by atoms with Gasteiger partial charge in [0.1, 0.15) is 6.29 Å². The zero-order chi connectivity index (χ0) is 12.8. The Hall–Kier alpha value is -1.23. The number of aldehydes is 1. The maximum atomic E-state index is 10.7. The van der Waals surface area contributed by atoms with Crippen molar-refractivity contribution in [2.75, 3.05) is 13.1 Å². The van der Waals surface area contributed by atoms with Gasteiger partial charge in [-0.25, -0.2) is 0 Å². The molecule has 1 aliphatic rings. The van der Waals surface area contributed by atoms with E-state index in [1.54, 1.807) is 0 Å². The second-order valence-corrected chi connectivity index (χ2v) is 4.96. The molecule has 0 amide bonds. The van der Waals surface area contributed by atoms with E-state index in [2.05, 4.69) is 22.0 Å². The fourth-order valence-electron chi connectivity index (χ4n) is 2.23. The van der Waals surface area contributed by atoms with Crippen LogP contribution in [0.4, 0.5) is 0 Å². The summed E-state index contributed by atoms with van der Waals surface area (Å²) < 4.78 is 5.25.